The Balaban J connectivity index is 1.42. The molecule has 4 rings (SSSR count). The van der Waals surface area contributed by atoms with Gasteiger partial charge in [-0.05, 0) is 30.7 Å². The average molecular weight is 385 g/mol. The summed E-state index contributed by atoms with van der Waals surface area (Å²) < 4.78 is 7.68. The van der Waals surface area contributed by atoms with Crippen molar-refractivity contribution in [1.82, 2.24) is 14.5 Å². The number of ether oxygens (including phenoxy) is 1. The van der Waals surface area contributed by atoms with Crippen LogP contribution in [0.5, 0.6) is 0 Å². The van der Waals surface area contributed by atoms with Crippen molar-refractivity contribution in [3.05, 3.63) is 46.5 Å². The molecule has 27 heavy (non-hydrogen) atoms. The molecule has 0 unspecified atom stereocenters. The van der Waals surface area contributed by atoms with E-state index in [0.717, 1.165) is 61.9 Å². The zero-order valence-electron chi connectivity index (χ0n) is 15.5. The van der Waals surface area contributed by atoms with Crippen molar-refractivity contribution in [2.75, 3.05) is 38.2 Å². The predicted molar refractivity (Wildman–Crippen MR) is 109 cm³/mol. The monoisotopic (exact) mass is 384 g/mol. The Labute approximate surface area is 162 Å². The molecule has 1 aliphatic rings. The Morgan fingerprint density at radius 1 is 1.26 bits per heavy atom. The van der Waals surface area contributed by atoms with Gasteiger partial charge < -0.3 is 14.6 Å². The van der Waals surface area contributed by atoms with Gasteiger partial charge in [0.2, 0.25) is 0 Å². The van der Waals surface area contributed by atoms with Crippen molar-refractivity contribution in [1.29, 1.82) is 0 Å². The summed E-state index contributed by atoms with van der Waals surface area (Å²) >= 11 is 1.45. The number of anilines is 1. The molecule has 6 nitrogen and oxygen atoms in total. The van der Waals surface area contributed by atoms with Crippen molar-refractivity contribution in [2.24, 2.45) is 0 Å². The number of hydrogen-bond donors (Lipinski definition) is 1. The topological polar surface area (TPSA) is 59.4 Å². The summed E-state index contributed by atoms with van der Waals surface area (Å²) in [5.41, 5.74) is 2.00. The van der Waals surface area contributed by atoms with Crippen LogP contribution in [0.25, 0.3) is 10.9 Å². The van der Waals surface area contributed by atoms with Crippen LogP contribution in [0.4, 0.5) is 5.69 Å². The number of amides is 1. The SMILES string of the molecule is CCc1ncc(C(=O)Nc2ccc3c(ccn3CCN3CCOCC3)c2)s1. The van der Waals surface area contributed by atoms with Crippen molar-refractivity contribution >= 4 is 33.8 Å². The first-order valence-corrected chi connectivity index (χ1v) is 10.2. The van der Waals surface area contributed by atoms with Gasteiger partial charge in [0.15, 0.2) is 0 Å². The summed E-state index contributed by atoms with van der Waals surface area (Å²) in [5, 5.41) is 5.09. The third-order valence-electron chi connectivity index (χ3n) is 4.87. The van der Waals surface area contributed by atoms with Crippen LogP contribution in [0.2, 0.25) is 0 Å². The lowest BCUT2D eigenvalue weighted by Gasteiger charge is -2.26. The number of benzene rings is 1. The Bertz CT molecular complexity index is 927. The summed E-state index contributed by atoms with van der Waals surface area (Å²) in [7, 11) is 0. The van der Waals surface area contributed by atoms with Gasteiger partial charge in [-0.25, -0.2) is 4.98 Å². The highest BCUT2D eigenvalue weighted by molar-refractivity contribution is 7.13. The van der Waals surface area contributed by atoms with E-state index in [2.05, 4.69) is 38.1 Å². The number of aryl methyl sites for hydroxylation is 1. The van der Waals surface area contributed by atoms with Crippen molar-refractivity contribution < 1.29 is 9.53 Å². The standard InChI is InChI=1S/C20H24N4O2S/c1-2-19-21-14-18(27-19)20(25)22-16-3-4-17-15(13-16)5-6-24(17)8-7-23-9-11-26-12-10-23/h3-6,13-14H,2,7-12H2,1H3,(H,22,25). The molecule has 0 aliphatic carbocycles. The predicted octanol–water partition coefficient (Wildman–Crippen LogP) is 3.24. The van der Waals surface area contributed by atoms with Gasteiger partial charge in [-0.2, -0.15) is 0 Å². The van der Waals surface area contributed by atoms with E-state index < -0.39 is 0 Å². The van der Waals surface area contributed by atoms with Gasteiger partial charge in [-0.1, -0.05) is 6.92 Å². The van der Waals surface area contributed by atoms with Crippen LogP contribution in [0.3, 0.4) is 0 Å². The average Bonchev–Trinajstić information content (AvgIpc) is 3.34. The van der Waals surface area contributed by atoms with Crippen LogP contribution in [0, 0.1) is 0 Å². The quantitative estimate of drug-likeness (QED) is 0.709. The van der Waals surface area contributed by atoms with Crippen LogP contribution in [0.15, 0.2) is 36.7 Å². The van der Waals surface area contributed by atoms with Gasteiger partial charge in [0.05, 0.1) is 24.4 Å². The van der Waals surface area contributed by atoms with Gasteiger partial charge >= 0.3 is 0 Å². The minimum absolute atomic E-state index is 0.0988. The first-order chi connectivity index (χ1) is 13.2. The summed E-state index contributed by atoms with van der Waals surface area (Å²) in [4.78, 5) is 19.7. The van der Waals surface area contributed by atoms with Crippen molar-refractivity contribution in [2.45, 2.75) is 19.9 Å². The molecule has 1 aliphatic heterocycles. The second kappa shape index (κ2) is 8.21. The molecule has 3 heterocycles. The highest BCUT2D eigenvalue weighted by Crippen LogP contribution is 2.22. The third kappa shape index (κ3) is 4.21. The van der Waals surface area contributed by atoms with Crippen LogP contribution < -0.4 is 5.32 Å². The normalized spacial score (nSPS) is 15.3. The van der Waals surface area contributed by atoms with E-state index >= 15 is 0 Å². The highest BCUT2D eigenvalue weighted by atomic mass is 32.1. The maximum absolute atomic E-state index is 12.4. The maximum atomic E-state index is 12.4. The van der Waals surface area contributed by atoms with E-state index in [1.807, 2.05) is 19.1 Å². The van der Waals surface area contributed by atoms with E-state index in [1.54, 1.807) is 6.20 Å². The van der Waals surface area contributed by atoms with Gasteiger partial charge in [0, 0.05) is 49.0 Å². The molecule has 1 aromatic carbocycles. The van der Waals surface area contributed by atoms with E-state index in [-0.39, 0.29) is 5.91 Å². The second-order valence-corrected chi connectivity index (χ2v) is 7.78. The Morgan fingerprint density at radius 3 is 2.89 bits per heavy atom. The van der Waals surface area contributed by atoms with Crippen molar-refractivity contribution in [3.63, 3.8) is 0 Å². The van der Waals surface area contributed by atoms with E-state index in [4.69, 9.17) is 4.74 Å². The Morgan fingerprint density at radius 2 is 2.11 bits per heavy atom. The van der Waals surface area contributed by atoms with Gasteiger partial charge in [-0.3, -0.25) is 9.69 Å². The summed E-state index contributed by atoms with van der Waals surface area (Å²) in [5.74, 6) is -0.0988. The number of fused-ring (bicyclic) bond motifs is 1. The minimum atomic E-state index is -0.0988. The van der Waals surface area contributed by atoms with Gasteiger partial charge in [-0.15, -0.1) is 11.3 Å². The fourth-order valence-electron chi connectivity index (χ4n) is 3.32. The van der Waals surface area contributed by atoms with Gasteiger partial charge in [0.1, 0.15) is 4.88 Å². The molecular weight excluding hydrogens is 360 g/mol. The molecule has 0 radical (unpaired) electrons. The lowest BCUT2D eigenvalue weighted by Crippen LogP contribution is -2.38. The Hall–Kier alpha value is -2.22. The number of carbonyl (C=O) groups is 1. The number of thiazole rings is 1. The number of hydrogen-bond acceptors (Lipinski definition) is 5. The number of nitrogens with zero attached hydrogens (tertiary/aromatic N) is 3. The molecular formula is C20H24N4O2S. The van der Waals surface area contributed by atoms with E-state index in [1.165, 1.54) is 16.9 Å². The van der Waals surface area contributed by atoms with Crippen LogP contribution in [-0.4, -0.2) is 53.2 Å². The molecule has 2 aromatic heterocycles. The molecule has 1 amide bonds. The first kappa shape index (κ1) is 18.2. The fraction of sp³-hybridized carbons (Fsp3) is 0.400. The maximum Gasteiger partial charge on any atom is 0.267 e. The minimum Gasteiger partial charge on any atom is -0.379 e. The molecule has 7 heteroatoms. The molecule has 1 N–H and O–H groups in total. The van der Waals surface area contributed by atoms with Crippen LogP contribution >= 0.6 is 11.3 Å². The van der Waals surface area contributed by atoms with Crippen LogP contribution in [0.1, 0.15) is 21.6 Å². The number of nitrogens with one attached hydrogen (secondary N) is 1. The number of rotatable bonds is 6. The van der Waals surface area contributed by atoms with Gasteiger partial charge in [0.25, 0.3) is 5.91 Å². The number of carbonyl (C=O) groups excluding carboxylic acids is 1. The third-order valence-corrected chi connectivity index (χ3v) is 6.01. The highest BCUT2D eigenvalue weighted by Gasteiger charge is 2.12. The number of morpholine rings is 1. The van der Waals surface area contributed by atoms with Crippen LogP contribution in [-0.2, 0) is 17.7 Å². The Kier molecular flexibility index (Phi) is 5.52. The second-order valence-electron chi connectivity index (χ2n) is 6.66. The van der Waals surface area contributed by atoms with E-state index in [0.29, 0.717) is 4.88 Å². The fourth-order valence-corrected chi connectivity index (χ4v) is 4.07. The first-order valence-electron chi connectivity index (χ1n) is 9.38. The molecule has 0 bridgehead atoms. The lowest BCUT2D eigenvalue weighted by molar-refractivity contribution is 0.0365. The summed E-state index contributed by atoms with van der Waals surface area (Å²) in [6.07, 6.45) is 4.62. The van der Waals surface area contributed by atoms with Crippen molar-refractivity contribution in [3.8, 4) is 0 Å². The smallest absolute Gasteiger partial charge is 0.267 e. The molecule has 1 fully saturated rings. The zero-order chi connectivity index (χ0) is 18.6. The molecule has 0 saturated carbocycles. The largest absolute Gasteiger partial charge is 0.379 e. The zero-order valence-corrected chi connectivity index (χ0v) is 16.3. The number of aromatic nitrogens is 2. The molecule has 1 saturated heterocycles. The molecule has 0 atom stereocenters. The summed E-state index contributed by atoms with van der Waals surface area (Å²) in [6, 6.07) is 8.17. The summed E-state index contributed by atoms with van der Waals surface area (Å²) in [6.45, 7) is 7.69. The lowest BCUT2D eigenvalue weighted by atomic mass is 10.2. The van der Waals surface area contributed by atoms with E-state index in [9.17, 15) is 4.79 Å². The molecule has 3 aromatic rings. The molecule has 142 valence electrons. The molecule has 0 spiro atoms.